The molecule has 13 heavy (non-hydrogen) atoms. The van der Waals surface area contributed by atoms with Gasteiger partial charge in [-0.2, -0.15) is 0 Å². The van der Waals surface area contributed by atoms with Crippen LogP contribution >= 0.6 is 46.8 Å². The molecule has 0 unspecified atom stereocenters. The molecule has 1 nitrogen and oxygen atoms in total. The molecule has 0 heterocycles. The monoisotopic (exact) mass is 328 g/mol. The van der Waals surface area contributed by atoms with Crippen LogP contribution < -0.4 is 4.74 Å². The highest BCUT2D eigenvalue weighted by Gasteiger charge is 2.06. The highest BCUT2D eigenvalue weighted by Crippen LogP contribution is 2.32. The fourth-order valence-corrected chi connectivity index (χ4v) is 2.69. The van der Waals surface area contributed by atoms with Crippen molar-refractivity contribution in [3.05, 3.63) is 20.7 Å². The summed E-state index contributed by atoms with van der Waals surface area (Å²) in [5.74, 6) is 0.829. The van der Waals surface area contributed by atoms with Crippen molar-refractivity contribution < 1.29 is 4.74 Å². The molecule has 4 heteroatoms. The van der Waals surface area contributed by atoms with Crippen molar-refractivity contribution in [2.45, 2.75) is 18.2 Å². The number of rotatable bonds is 3. The Kier molecular flexibility index (Phi) is 4.69. The predicted molar refractivity (Wildman–Crippen MR) is 67.2 cm³/mol. The van der Waals surface area contributed by atoms with Crippen LogP contribution in [0, 0.1) is 3.57 Å². The lowest BCUT2D eigenvalue weighted by molar-refractivity contribution is 0.308. The van der Waals surface area contributed by atoms with E-state index in [0.717, 1.165) is 20.6 Å². The van der Waals surface area contributed by atoms with Crippen molar-refractivity contribution in [3.8, 4) is 5.75 Å². The van der Waals surface area contributed by atoms with Gasteiger partial charge in [0, 0.05) is 9.92 Å². The van der Waals surface area contributed by atoms with Crippen molar-refractivity contribution in [3.63, 3.8) is 0 Å². The maximum Gasteiger partial charge on any atom is 0.145 e. The molecule has 0 saturated heterocycles. The lowest BCUT2D eigenvalue weighted by atomic mass is 10.3. The number of hydrogen-bond acceptors (Lipinski definition) is 2. The molecule has 0 saturated carbocycles. The first-order valence-corrected chi connectivity index (χ1v) is 5.86. The van der Waals surface area contributed by atoms with Gasteiger partial charge < -0.3 is 4.74 Å². The van der Waals surface area contributed by atoms with E-state index in [1.54, 1.807) is 6.07 Å². The number of hydrogen-bond donors (Lipinski definition) is 1. The summed E-state index contributed by atoms with van der Waals surface area (Å²) in [5.41, 5.74) is 0. The van der Waals surface area contributed by atoms with Gasteiger partial charge in [0.25, 0.3) is 0 Å². The largest absolute Gasteiger partial charge is 0.491 e. The molecule has 1 aromatic carbocycles. The Labute approximate surface area is 102 Å². The van der Waals surface area contributed by atoms with Crippen molar-refractivity contribution in [2.75, 3.05) is 6.61 Å². The van der Waals surface area contributed by atoms with Crippen LogP contribution in [0.4, 0.5) is 0 Å². The minimum atomic E-state index is 0.693. The van der Waals surface area contributed by atoms with Gasteiger partial charge in [-0.25, -0.2) is 0 Å². The van der Waals surface area contributed by atoms with Gasteiger partial charge in [-0.15, -0.1) is 12.6 Å². The molecule has 72 valence electrons. The number of benzene rings is 1. The van der Waals surface area contributed by atoms with Gasteiger partial charge in [-0.05, 0) is 41.1 Å². The van der Waals surface area contributed by atoms with E-state index in [-0.39, 0.29) is 0 Å². The van der Waals surface area contributed by atoms with Gasteiger partial charge in [0.2, 0.25) is 0 Å². The van der Waals surface area contributed by atoms with Crippen molar-refractivity contribution >= 4 is 46.8 Å². The van der Waals surface area contributed by atoms with E-state index in [0.29, 0.717) is 11.6 Å². The molecular weight excluding hydrogens is 319 g/mol. The Hall–Kier alpha value is 0.390. The average Bonchev–Trinajstić information content (AvgIpc) is 2.02. The van der Waals surface area contributed by atoms with Crippen LogP contribution in [0.3, 0.4) is 0 Å². The summed E-state index contributed by atoms with van der Waals surface area (Å²) in [6, 6.07) is 3.66. The Morgan fingerprint density at radius 1 is 1.54 bits per heavy atom. The van der Waals surface area contributed by atoms with Gasteiger partial charge >= 0.3 is 0 Å². The zero-order valence-electron chi connectivity index (χ0n) is 7.18. The molecule has 0 aliphatic heterocycles. The molecule has 1 rings (SSSR count). The van der Waals surface area contributed by atoms with E-state index in [4.69, 9.17) is 16.3 Å². The minimum absolute atomic E-state index is 0.693. The zero-order chi connectivity index (χ0) is 9.84. The smallest absolute Gasteiger partial charge is 0.145 e. The lowest BCUT2D eigenvalue weighted by Gasteiger charge is -2.09. The quantitative estimate of drug-likeness (QED) is 0.651. The molecule has 0 aromatic heterocycles. The van der Waals surface area contributed by atoms with Crippen molar-refractivity contribution in [1.29, 1.82) is 0 Å². The highest BCUT2D eigenvalue weighted by molar-refractivity contribution is 14.1. The number of halogens is 2. The van der Waals surface area contributed by atoms with Crippen molar-refractivity contribution in [1.82, 2.24) is 0 Å². The minimum Gasteiger partial charge on any atom is -0.491 e. The van der Waals surface area contributed by atoms with Crippen LogP contribution in [0.25, 0.3) is 0 Å². The summed E-state index contributed by atoms with van der Waals surface area (Å²) in [6.45, 7) is 2.78. The Morgan fingerprint density at radius 2 is 2.23 bits per heavy atom. The van der Waals surface area contributed by atoms with E-state index in [1.807, 2.05) is 6.07 Å². The molecule has 0 spiro atoms. The summed E-state index contributed by atoms with van der Waals surface area (Å²) < 4.78 is 6.53. The number of ether oxygens (including phenoxy) is 1. The van der Waals surface area contributed by atoms with Gasteiger partial charge in [0.1, 0.15) is 5.75 Å². The molecule has 0 radical (unpaired) electrons. The maximum absolute atomic E-state index is 5.85. The van der Waals surface area contributed by atoms with Gasteiger partial charge in [0.05, 0.1) is 10.2 Å². The second-order valence-corrected chi connectivity index (χ2v) is 4.66. The third-order valence-electron chi connectivity index (χ3n) is 1.44. The molecule has 0 aliphatic rings. The first-order valence-electron chi connectivity index (χ1n) is 3.96. The summed E-state index contributed by atoms with van der Waals surface area (Å²) in [7, 11) is 0. The summed E-state index contributed by atoms with van der Waals surface area (Å²) in [6.07, 6.45) is 0.992. The van der Waals surface area contributed by atoms with Crippen LogP contribution in [0.15, 0.2) is 17.0 Å². The predicted octanol–water partition coefficient (Wildman–Crippen LogP) is 4.02. The van der Waals surface area contributed by atoms with Gasteiger partial charge in [0.15, 0.2) is 0 Å². The molecule has 0 amide bonds. The lowest BCUT2D eigenvalue weighted by Crippen LogP contribution is -1.97. The SMILES string of the molecule is CCCOc1c(S)cc(Cl)cc1I. The normalized spacial score (nSPS) is 10.2. The highest BCUT2D eigenvalue weighted by atomic mass is 127. The Bertz CT molecular complexity index is 281. The maximum atomic E-state index is 5.85. The fourth-order valence-electron chi connectivity index (χ4n) is 0.894. The third kappa shape index (κ3) is 3.22. The third-order valence-corrected chi connectivity index (χ3v) is 2.79. The summed E-state index contributed by atoms with van der Waals surface area (Å²) in [4.78, 5) is 0.797. The Morgan fingerprint density at radius 3 is 2.77 bits per heavy atom. The second kappa shape index (κ2) is 5.32. The summed E-state index contributed by atoms with van der Waals surface area (Å²) >= 11 is 12.3. The van der Waals surface area contributed by atoms with Crippen LogP contribution in [-0.2, 0) is 0 Å². The standard InChI is InChI=1S/C9H10ClIOS/c1-2-3-12-9-7(11)4-6(10)5-8(9)13/h4-5,13H,2-3H2,1H3. The molecule has 0 atom stereocenters. The molecule has 0 bridgehead atoms. The topological polar surface area (TPSA) is 9.23 Å². The fraction of sp³-hybridized carbons (Fsp3) is 0.333. The van der Waals surface area contributed by atoms with Gasteiger partial charge in [-0.3, -0.25) is 0 Å². The second-order valence-electron chi connectivity index (χ2n) is 2.58. The van der Waals surface area contributed by atoms with E-state index >= 15 is 0 Å². The van der Waals surface area contributed by atoms with Gasteiger partial charge in [-0.1, -0.05) is 18.5 Å². The van der Waals surface area contributed by atoms with E-state index in [1.165, 1.54) is 0 Å². The van der Waals surface area contributed by atoms with E-state index in [9.17, 15) is 0 Å². The molecule has 0 fully saturated rings. The van der Waals surface area contributed by atoms with Crippen LogP contribution in [0.5, 0.6) is 5.75 Å². The van der Waals surface area contributed by atoms with Crippen LogP contribution in [0.2, 0.25) is 5.02 Å². The first-order chi connectivity index (χ1) is 6.15. The molecule has 0 aliphatic carbocycles. The Balaban J connectivity index is 2.92. The van der Waals surface area contributed by atoms with E-state index < -0.39 is 0 Å². The summed E-state index contributed by atoms with van der Waals surface area (Å²) in [5, 5.41) is 0.693. The van der Waals surface area contributed by atoms with Crippen molar-refractivity contribution in [2.24, 2.45) is 0 Å². The zero-order valence-corrected chi connectivity index (χ0v) is 11.0. The molecular formula is C9H10ClIOS. The van der Waals surface area contributed by atoms with Crippen LogP contribution in [0.1, 0.15) is 13.3 Å². The van der Waals surface area contributed by atoms with E-state index in [2.05, 4.69) is 42.1 Å². The molecule has 0 N–H and O–H groups in total. The first kappa shape index (κ1) is 11.5. The number of thiol groups is 1. The molecule has 1 aromatic rings. The van der Waals surface area contributed by atoms with Crippen LogP contribution in [-0.4, -0.2) is 6.61 Å². The average molecular weight is 329 g/mol.